The first-order chi connectivity index (χ1) is 12.1. The minimum absolute atomic E-state index is 0.0192. The number of benzene rings is 1. The van der Waals surface area contributed by atoms with E-state index >= 15 is 0 Å². The van der Waals surface area contributed by atoms with Gasteiger partial charge in [0.15, 0.2) is 0 Å². The molecule has 1 saturated carbocycles. The number of aliphatic hydroxyl groups excluding tert-OH is 1. The van der Waals surface area contributed by atoms with Crippen LogP contribution in [-0.2, 0) is 13.0 Å². The fraction of sp³-hybridized carbons (Fsp3) is 0.500. The number of hydrogen-bond acceptors (Lipinski definition) is 5. The zero-order chi connectivity index (χ0) is 17.4. The zero-order valence-electron chi connectivity index (χ0n) is 14.9. The Balaban J connectivity index is 1.66. The number of hydrogen-bond donors (Lipinski definition) is 2. The summed E-state index contributed by atoms with van der Waals surface area (Å²) in [4.78, 5) is 12.0. The predicted molar refractivity (Wildman–Crippen MR) is 100.0 cm³/mol. The first-order valence-corrected chi connectivity index (χ1v) is 9.24. The van der Waals surface area contributed by atoms with E-state index in [1.54, 1.807) is 0 Å². The van der Waals surface area contributed by atoms with E-state index in [0.29, 0.717) is 12.0 Å². The summed E-state index contributed by atoms with van der Waals surface area (Å²) in [6.45, 7) is 5.19. The second-order valence-electron chi connectivity index (χ2n) is 7.42. The molecule has 1 aromatic carbocycles. The molecule has 5 nitrogen and oxygen atoms in total. The van der Waals surface area contributed by atoms with Gasteiger partial charge in [-0.25, -0.2) is 9.97 Å². The van der Waals surface area contributed by atoms with Crippen LogP contribution in [0.4, 0.5) is 11.6 Å². The van der Waals surface area contributed by atoms with Gasteiger partial charge in [0.25, 0.3) is 0 Å². The van der Waals surface area contributed by atoms with Crippen LogP contribution in [0.3, 0.4) is 0 Å². The molecule has 4 rings (SSSR count). The van der Waals surface area contributed by atoms with Crippen LogP contribution in [0.15, 0.2) is 30.3 Å². The molecule has 2 aromatic rings. The van der Waals surface area contributed by atoms with Crippen LogP contribution in [0.25, 0.3) is 0 Å². The molecule has 0 spiro atoms. The van der Waals surface area contributed by atoms with Gasteiger partial charge in [0.2, 0.25) is 0 Å². The summed E-state index contributed by atoms with van der Waals surface area (Å²) in [5.74, 6) is 3.25. The van der Waals surface area contributed by atoms with Crippen LogP contribution >= 0.6 is 0 Å². The summed E-state index contributed by atoms with van der Waals surface area (Å²) in [7, 11) is 0. The fourth-order valence-electron chi connectivity index (χ4n) is 3.48. The molecule has 0 saturated heterocycles. The van der Waals surface area contributed by atoms with E-state index in [9.17, 15) is 5.11 Å². The average molecular weight is 338 g/mol. The first-order valence-electron chi connectivity index (χ1n) is 9.24. The SMILES string of the molecule is C[C@H](CO)Nc1cc(N2Cc3ccccc3C[C@H]2C)nc(C2CC2)n1. The summed E-state index contributed by atoms with van der Waals surface area (Å²) in [6, 6.07) is 11.1. The predicted octanol–water partition coefficient (Wildman–Crippen LogP) is 3.10. The van der Waals surface area contributed by atoms with Crippen LogP contribution in [0, 0.1) is 0 Å². The van der Waals surface area contributed by atoms with Crippen molar-refractivity contribution in [1.82, 2.24) is 9.97 Å². The van der Waals surface area contributed by atoms with Crippen LogP contribution in [0.1, 0.15) is 49.6 Å². The first kappa shape index (κ1) is 16.3. The Morgan fingerprint density at radius 3 is 2.72 bits per heavy atom. The number of rotatable bonds is 5. The van der Waals surface area contributed by atoms with Crippen molar-refractivity contribution in [2.24, 2.45) is 0 Å². The molecule has 25 heavy (non-hydrogen) atoms. The maximum atomic E-state index is 9.34. The third kappa shape index (κ3) is 3.47. The third-order valence-corrected chi connectivity index (χ3v) is 5.14. The molecular formula is C20H26N4O. The molecule has 5 heteroatoms. The van der Waals surface area contributed by atoms with E-state index in [1.165, 1.54) is 24.0 Å². The van der Waals surface area contributed by atoms with Gasteiger partial charge in [-0.15, -0.1) is 0 Å². The van der Waals surface area contributed by atoms with E-state index in [-0.39, 0.29) is 12.6 Å². The Bertz CT molecular complexity index is 759. The molecule has 0 unspecified atom stereocenters. The Hall–Kier alpha value is -2.14. The summed E-state index contributed by atoms with van der Waals surface area (Å²) in [5.41, 5.74) is 2.82. The molecule has 1 aliphatic carbocycles. The molecule has 2 heterocycles. The van der Waals surface area contributed by atoms with Crippen LogP contribution in [-0.4, -0.2) is 33.8 Å². The molecule has 0 bridgehead atoms. The van der Waals surface area contributed by atoms with Gasteiger partial charge in [-0.1, -0.05) is 24.3 Å². The maximum absolute atomic E-state index is 9.34. The molecule has 2 N–H and O–H groups in total. The molecule has 1 aromatic heterocycles. The quantitative estimate of drug-likeness (QED) is 0.877. The summed E-state index contributed by atoms with van der Waals surface area (Å²) in [5, 5.41) is 12.6. The fourth-order valence-corrected chi connectivity index (χ4v) is 3.48. The lowest BCUT2D eigenvalue weighted by molar-refractivity contribution is 0.281. The van der Waals surface area contributed by atoms with Crippen molar-refractivity contribution in [3.63, 3.8) is 0 Å². The molecule has 1 aliphatic heterocycles. The number of nitrogens with zero attached hydrogens (tertiary/aromatic N) is 3. The Labute approximate surface area is 149 Å². The lowest BCUT2D eigenvalue weighted by Crippen LogP contribution is -2.39. The largest absolute Gasteiger partial charge is 0.394 e. The van der Waals surface area contributed by atoms with Crippen LogP contribution < -0.4 is 10.2 Å². The Kier molecular flexibility index (Phi) is 4.34. The zero-order valence-corrected chi connectivity index (χ0v) is 14.9. The lowest BCUT2D eigenvalue weighted by atomic mass is 9.95. The molecule has 2 aliphatic rings. The van der Waals surface area contributed by atoms with Gasteiger partial charge >= 0.3 is 0 Å². The molecular weight excluding hydrogens is 312 g/mol. The number of fused-ring (bicyclic) bond motifs is 1. The van der Waals surface area contributed by atoms with Gasteiger partial charge in [0, 0.05) is 30.6 Å². The van der Waals surface area contributed by atoms with Crippen molar-refractivity contribution >= 4 is 11.6 Å². The maximum Gasteiger partial charge on any atom is 0.136 e. The highest BCUT2D eigenvalue weighted by molar-refractivity contribution is 5.53. The summed E-state index contributed by atoms with van der Waals surface area (Å²) < 4.78 is 0. The van der Waals surface area contributed by atoms with E-state index in [0.717, 1.165) is 30.4 Å². The van der Waals surface area contributed by atoms with Crippen molar-refractivity contribution in [3.8, 4) is 0 Å². The Morgan fingerprint density at radius 1 is 1.24 bits per heavy atom. The Morgan fingerprint density at radius 2 is 2.00 bits per heavy atom. The molecule has 2 atom stereocenters. The third-order valence-electron chi connectivity index (χ3n) is 5.14. The molecule has 132 valence electrons. The smallest absolute Gasteiger partial charge is 0.136 e. The van der Waals surface area contributed by atoms with E-state index < -0.39 is 0 Å². The van der Waals surface area contributed by atoms with Crippen molar-refractivity contribution in [2.75, 3.05) is 16.8 Å². The van der Waals surface area contributed by atoms with Gasteiger partial charge < -0.3 is 15.3 Å². The minimum atomic E-state index is -0.0192. The summed E-state index contributed by atoms with van der Waals surface area (Å²) >= 11 is 0. The van der Waals surface area contributed by atoms with E-state index in [2.05, 4.69) is 46.4 Å². The van der Waals surface area contributed by atoms with Gasteiger partial charge in [-0.05, 0) is 44.2 Å². The van der Waals surface area contributed by atoms with Crippen molar-refractivity contribution in [3.05, 3.63) is 47.3 Å². The van der Waals surface area contributed by atoms with Crippen LogP contribution in [0.5, 0.6) is 0 Å². The molecule has 1 fully saturated rings. The van der Waals surface area contributed by atoms with E-state index in [1.807, 2.05) is 13.0 Å². The standard InChI is InChI=1S/C20H26N4O/c1-13(12-25)21-18-10-19(23-20(22-18)15-7-8-15)24-11-17-6-4-3-5-16(17)9-14(24)2/h3-6,10,13-15,25H,7-9,11-12H2,1-2H3,(H,21,22,23)/t13-,14-/m1/s1. The summed E-state index contributed by atoms with van der Waals surface area (Å²) in [6.07, 6.45) is 3.39. The lowest BCUT2D eigenvalue weighted by Gasteiger charge is -2.36. The van der Waals surface area contributed by atoms with Gasteiger partial charge in [0.05, 0.1) is 6.61 Å². The monoisotopic (exact) mass is 338 g/mol. The topological polar surface area (TPSA) is 61.3 Å². The number of anilines is 2. The second kappa shape index (κ2) is 6.64. The molecule has 0 amide bonds. The van der Waals surface area contributed by atoms with Crippen molar-refractivity contribution < 1.29 is 5.11 Å². The van der Waals surface area contributed by atoms with E-state index in [4.69, 9.17) is 4.98 Å². The number of nitrogens with one attached hydrogen (secondary N) is 1. The number of aliphatic hydroxyl groups is 1. The normalized spacial score (nSPS) is 20.9. The van der Waals surface area contributed by atoms with Crippen LogP contribution in [0.2, 0.25) is 0 Å². The average Bonchev–Trinajstić information content (AvgIpc) is 3.46. The molecule has 0 radical (unpaired) electrons. The van der Waals surface area contributed by atoms with Crippen molar-refractivity contribution in [1.29, 1.82) is 0 Å². The highest BCUT2D eigenvalue weighted by Crippen LogP contribution is 2.39. The second-order valence-corrected chi connectivity index (χ2v) is 7.42. The minimum Gasteiger partial charge on any atom is -0.394 e. The van der Waals surface area contributed by atoms with Gasteiger partial charge in [-0.2, -0.15) is 0 Å². The highest BCUT2D eigenvalue weighted by Gasteiger charge is 2.30. The van der Waals surface area contributed by atoms with Crippen molar-refractivity contribution in [2.45, 2.75) is 57.7 Å². The van der Waals surface area contributed by atoms with Gasteiger partial charge in [0.1, 0.15) is 17.5 Å². The van der Waals surface area contributed by atoms with Gasteiger partial charge in [-0.3, -0.25) is 0 Å². The number of aromatic nitrogens is 2. The highest BCUT2D eigenvalue weighted by atomic mass is 16.3.